The van der Waals surface area contributed by atoms with Crippen LogP contribution in [-0.2, 0) is 10.0 Å². The third-order valence-corrected chi connectivity index (χ3v) is 7.12. The molecule has 0 aliphatic heterocycles. The number of aliphatic hydroxyl groups excluding tert-OH is 1. The van der Waals surface area contributed by atoms with E-state index < -0.39 is 10.0 Å². The van der Waals surface area contributed by atoms with E-state index in [1.165, 1.54) is 0 Å². The van der Waals surface area contributed by atoms with Gasteiger partial charge in [0.15, 0.2) is 0 Å². The third kappa shape index (κ3) is 4.51. The van der Waals surface area contributed by atoms with Gasteiger partial charge in [0.25, 0.3) is 0 Å². The Morgan fingerprint density at radius 2 is 1.81 bits per heavy atom. The van der Waals surface area contributed by atoms with Gasteiger partial charge in [-0.1, -0.05) is 15.9 Å². The number of sulfonamides is 1. The van der Waals surface area contributed by atoms with E-state index >= 15 is 0 Å². The van der Waals surface area contributed by atoms with Crippen molar-refractivity contribution in [2.24, 2.45) is 5.92 Å². The Labute approximate surface area is 142 Å². The van der Waals surface area contributed by atoms with Crippen LogP contribution in [0.1, 0.15) is 31.2 Å². The second-order valence-electron chi connectivity index (χ2n) is 5.56. The Bertz CT molecular complexity index is 611. The van der Waals surface area contributed by atoms with Crippen LogP contribution in [0.2, 0.25) is 0 Å². The summed E-state index contributed by atoms with van der Waals surface area (Å²) < 4.78 is 28.8. The van der Waals surface area contributed by atoms with Crippen molar-refractivity contribution in [3.05, 3.63) is 26.6 Å². The number of halogens is 2. The molecular weight excluding hydrogens is 422 g/mol. The normalized spacial score (nSPS) is 23.2. The zero-order valence-corrected chi connectivity index (χ0v) is 15.8. The average Bonchev–Trinajstić information content (AvgIpc) is 2.42. The third-order valence-electron chi connectivity index (χ3n) is 3.88. The van der Waals surface area contributed by atoms with Gasteiger partial charge in [0.1, 0.15) is 0 Å². The average molecular weight is 441 g/mol. The first-order chi connectivity index (χ1) is 9.79. The molecule has 1 fully saturated rings. The fraction of sp³-hybridized carbons (Fsp3) is 0.571. The van der Waals surface area contributed by atoms with Crippen molar-refractivity contribution in [1.29, 1.82) is 0 Å². The summed E-state index contributed by atoms with van der Waals surface area (Å²) in [7, 11) is -3.53. The molecule has 0 spiro atoms. The fourth-order valence-corrected chi connectivity index (χ4v) is 5.28. The van der Waals surface area contributed by atoms with Crippen LogP contribution in [0, 0.1) is 12.8 Å². The first kappa shape index (κ1) is 17.4. The van der Waals surface area contributed by atoms with E-state index in [0.717, 1.165) is 35.7 Å². The molecule has 1 aliphatic rings. The highest BCUT2D eigenvalue weighted by Crippen LogP contribution is 2.29. The quantitative estimate of drug-likeness (QED) is 0.754. The molecule has 1 saturated carbocycles. The standard InChI is InChI=1S/C14H19Br2NO3S/c1-9-6-13(16)14(7-12(9)15)21(19,20)17-8-10-2-4-11(18)5-3-10/h6-7,10-11,17-18H,2-5,8H2,1H3. The van der Waals surface area contributed by atoms with E-state index in [1.807, 2.05) is 6.92 Å². The van der Waals surface area contributed by atoms with Crippen molar-refractivity contribution in [3.8, 4) is 0 Å². The zero-order valence-electron chi connectivity index (χ0n) is 11.8. The molecule has 2 rings (SSSR count). The molecule has 1 aromatic rings. The van der Waals surface area contributed by atoms with E-state index in [1.54, 1.807) is 12.1 Å². The number of hydrogen-bond acceptors (Lipinski definition) is 3. The van der Waals surface area contributed by atoms with Crippen LogP contribution in [0.5, 0.6) is 0 Å². The Hall–Kier alpha value is 0.0500. The zero-order chi connectivity index (χ0) is 15.6. The molecular formula is C14H19Br2NO3S. The van der Waals surface area contributed by atoms with Crippen LogP contribution < -0.4 is 4.72 Å². The van der Waals surface area contributed by atoms with Crippen LogP contribution in [0.4, 0.5) is 0 Å². The summed E-state index contributed by atoms with van der Waals surface area (Å²) in [5, 5.41) is 9.48. The number of aliphatic hydroxyl groups is 1. The van der Waals surface area contributed by atoms with Gasteiger partial charge in [0.2, 0.25) is 10.0 Å². The van der Waals surface area contributed by atoms with Gasteiger partial charge in [-0.25, -0.2) is 13.1 Å². The molecule has 21 heavy (non-hydrogen) atoms. The van der Waals surface area contributed by atoms with Crippen molar-refractivity contribution in [2.75, 3.05) is 6.54 Å². The molecule has 0 atom stereocenters. The number of rotatable bonds is 4. The molecule has 0 heterocycles. The minimum atomic E-state index is -3.53. The summed E-state index contributed by atoms with van der Waals surface area (Å²) in [4.78, 5) is 0.246. The van der Waals surface area contributed by atoms with E-state index in [-0.39, 0.29) is 11.0 Å². The van der Waals surface area contributed by atoms with Gasteiger partial charge in [-0.05, 0) is 72.2 Å². The predicted octanol–water partition coefficient (Wildman–Crippen LogP) is 3.35. The molecule has 2 N–H and O–H groups in total. The molecule has 1 aromatic carbocycles. The molecule has 0 bridgehead atoms. The first-order valence-corrected chi connectivity index (χ1v) is 10.00. The van der Waals surface area contributed by atoms with Crippen LogP contribution in [-0.4, -0.2) is 26.2 Å². The lowest BCUT2D eigenvalue weighted by atomic mass is 9.88. The summed E-state index contributed by atoms with van der Waals surface area (Å²) in [6, 6.07) is 3.40. The van der Waals surface area contributed by atoms with Gasteiger partial charge in [0, 0.05) is 15.5 Å². The lowest BCUT2D eigenvalue weighted by Crippen LogP contribution is -2.32. The fourth-order valence-electron chi connectivity index (χ4n) is 2.49. The maximum atomic E-state index is 12.4. The predicted molar refractivity (Wildman–Crippen MR) is 89.7 cm³/mol. The second kappa shape index (κ2) is 7.08. The van der Waals surface area contributed by atoms with E-state index in [0.29, 0.717) is 16.9 Å². The van der Waals surface area contributed by atoms with Gasteiger partial charge in [-0.15, -0.1) is 0 Å². The van der Waals surface area contributed by atoms with Gasteiger partial charge in [-0.2, -0.15) is 0 Å². The lowest BCUT2D eigenvalue weighted by molar-refractivity contribution is 0.109. The smallest absolute Gasteiger partial charge is 0.241 e. The second-order valence-corrected chi connectivity index (χ2v) is 9.00. The Morgan fingerprint density at radius 3 is 2.43 bits per heavy atom. The summed E-state index contributed by atoms with van der Waals surface area (Å²) in [6.07, 6.45) is 3.02. The van der Waals surface area contributed by atoms with Gasteiger partial charge in [-0.3, -0.25) is 0 Å². The molecule has 4 nitrogen and oxygen atoms in total. The molecule has 0 saturated heterocycles. The summed E-state index contributed by atoms with van der Waals surface area (Å²) in [5.74, 6) is 0.302. The van der Waals surface area contributed by atoms with Gasteiger partial charge >= 0.3 is 0 Å². The molecule has 118 valence electrons. The Kier molecular flexibility index (Phi) is 5.87. The minimum Gasteiger partial charge on any atom is -0.393 e. The molecule has 1 aliphatic carbocycles. The van der Waals surface area contributed by atoms with Crippen LogP contribution in [0.15, 0.2) is 26.0 Å². The minimum absolute atomic E-state index is 0.222. The van der Waals surface area contributed by atoms with Crippen LogP contribution in [0.25, 0.3) is 0 Å². The monoisotopic (exact) mass is 439 g/mol. The Balaban J connectivity index is 2.07. The number of nitrogens with one attached hydrogen (secondary N) is 1. The lowest BCUT2D eigenvalue weighted by Gasteiger charge is -2.25. The van der Waals surface area contributed by atoms with Crippen molar-refractivity contribution in [2.45, 2.75) is 43.6 Å². The molecule has 0 radical (unpaired) electrons. The van der Waals surface area contributed by atoms with E-state index in [4.69, 9.17) is 0 Å². The topological polar surface area (TPSA) is 66.4 Å². The highest BCUT2D eigenvalue weighted by Gasteiger charge is 2.23. The van der Waals surface area contributed by atoms with Crippen molar-refractivity contribution < 1.29 is 13.5 Å². The van der Waals surface area contributed by atoms with E-state index in [2.05, 4.69) is 36.6 Å². The first-order valence-electron chi connectivity index (χ1n) is 6.93. The maximum absolute atomic E-state index is 12.4. The van der Waals surface area contributed by atoms with Gasteiger partial charge < -0.3 is 5.11 Å². The van der Waals surface area contributed by atoms with Crippen molar-refractivity contribution in [3.63, 3.8) is 0 Å². The van der Waals surface area contributed by atoms with E-state index in [9.17, 15) is 13.5 Å². The Morgan fingerprint density at radius 1 is 1.19 bits per heavy atom. The molecule has 7 heteroatoms. The van der Waals surface area contributed by atoms with Crippen molar-refractivity contribution >= 4 is 41.9 Å². The maximum Gasteiger partial charge on any atom is 0.241 e. The number of aryl methyl sites for hydroxylation is 1. The molecule has 0 aromatic heterocycles. The number of hydrogen-bond donors (Lipinski definition) is 2. The highest BCUT2D eigenvalue weighted by molar-refractivity contribution is 9.11. The number of benzene rings is 1. The van der Waals surface area contributed by atoms with Crippen molar-refractivity contribution in [1.82, 2.24) is 4.72 Å². The molecule has 0 unspecified atom stereocenters. The SMILES string of the molecule is Cc1cc(Br)c(S(=O)(=O)NCC2CCC(O)CC2)cc1Br. The van der Waals surface area contributed by atoms with Gasteiger partial charge in [0.05, 0.1) is 11.0 Å². The van der Waals surface area contributed by atoms with Crippen LogP contribution >= 0.6 is 31.9 Å². The molecule has 0 amide bonds. The van der Waals surface area contributed by atoms with Crippen LogP contribution in [0.3, 0.4) is 0 Å². The largest absolute Gasteiger partial charge is 0.393 e. The highest BCUT2D eigenvalue weighted by atomic mass is 79.9. The summed E-state index contributed by atoms with van der Waals surface area (Å²) >= 11 is 6.68. The summed E-state index contributed by atoms with van der Waals surface area (Å²) in [6.45, 7) is 2.33. The summed E-state index contributed by atoms with van der Waals surface area (Å²) in [5.41, 5.74) is 0.974.